The van der Waals surface area contributed by atoms with E-state index < -0.39 is 17.8 Å². The predicted molar refractivity (Wildman–Crippen MR) is 70.4 cm³/mol. The first kappa shape index (κ1) is 15.4. The molecular formula is C12H15ClFN3O2. The van der Waals surface area contributed by atoms with Crippen LogP contribution in [0.3, 0.4) is 0 Å². The molecule has 0 fully saturated rings. The highest BCUT2D eigenvalue weighted by molar-refractivity contribution is 6.30. The van der Waals surface area contributed by atoms with Crippen molar-refractivity contribution in [2.75, 3.05) is 13.6 Å². The van der Waals surface area contributed by atoms with Gasteiger partial charge in [0.25, 0.3) is 0 Å². The minimum Gasteiger partial charge on any atom is -0.341 e. The number of halogens is 2. The van der Waals surface area contributed by atoms with Gasteiger partial charge < -0.3 is 10.6 Å². The fourth-order valence-electron chi connectivity index (χ4n) is 1.38. The lowest BCUT2D eigenvalue weighted by atomic mass is 10.1. The second-order valence-corrected chi connectivity index (χ2v) is 4.31. The summed E-state index contributed by atoms with van der Waals surface area (Å²) >= 11 is 5.67. The average Bonchev–Trinajstić information content (AvgIpc) is 2.39. The first-order valence-corrected chi connectivity index (χ1v) is 6.01. The van der Waals surface area contributed by atoms with Gasteiger partial charge in [0.2, 0.25) is 5.91 Å². The lowest BCUT2D eigenvalue weighted by Gasteiger charge is -2.14. The summed E-state index contributed by atoms with van der Waals surface area (Å²) in [5.74, 6) is -0.950. The highest BCUT2D eigenvalue weighted by Gasteiger charge is 2.11. The van der Waals surface area contributed by atoms with Crippen molar-refractivity contribution in [3.63, 3.8) is 0 Å². The van der Waals surface area contributed by atoms with E-state index in [-0.39, 0.29) is 17.6 Å². The molecule has 3 N–H and O–H groups in total. The van der Waals surface area contributed by atoms with Gasteiger partial charge >= 0.3 is 6.03 Å². The molecule has 1 aromatic rings. The third kappa shape index (κ3) is 4.84. The van der Waals surface area contributed by atoms with E-state index in [1.807, 2.05) is 0 Å². The van der Waals surface area contributed by atoms with Gasteiger partial charge in [-0.1, -0.05) is 17.7 Å². The van der Waals surface area contributed by atoms with Crippen molar-refractivity contribution in [1.29, 1.82) is 0 Å². The molecule has 0 aliphatic rings. The van der Waals surface area contributed by atoms with Gasteiger partial charge in [-0.05, 0) is 24.6 Å². The Morgan fingerprint density at radius 1 is 1.42 bits per heavy atom. The number of carbonyl (C=O) groups is 2. The van der Waals surface area contributed by atoms with Crippen molar-refractivity contribution in [3.8, 4) is 0 Å². The number of rotatable bonds is 4. The van der Waals surface area contributed by atoms with Gasteiger partial charge in [0.1, 0.15) is 5.82 Å². The summed E-state index contributed by atoms with van der Waals surface area (Å²) < 4.78 is 13.0. The zero-order valence-electron chi connectivity index (χ0n) is 10.6. The van der Waals surface area contributed by atoms with Crippen LogP contribution in [0.2, 0.25) is 5.02 Å². The molecule has 1 atom stereocenters. The van der Waals surface area contributed by atoms with E-state index in [4.69, 9.17) is 11.6 Å². The maximum atomic E-state index is 13.0. The maximum Gasteiger partial charge on any atom is 0.321 e. The summed E-state index contributed by atoms with van der Waals surface area (Å²) in [5.41, 5.74) is 0.749. The number of hydrogen-bond donors (Lipinski definition) is 3. The SMILES string of the molecule is CNC(=O)NC(=O)CN[C@@H](C)c1ccc(F)c(Cl)c1. The van der Waals surface area contributed by atoms with Crippen LogP contribution in [-0.2, 0) is 4.79 Å². The van der Waals surface area contributed by atoms with Crippen LogP contribution < -0.4 is 16.0 Å². The van der Waals surface area contributed by atoms with E-state index in [9.17, 15) is 14.0 Å². The van der Waals surface area contributed by atoms with Gasteiger partial charge in [-0.15, -0.1) is 0 Å². The minimum atomic E-state index is -0.565. The molecule has 0 unspecified atom stereocenters. The van der Waals surface area contributed by atoms with Crippen molar-refractivity contribution >= 4 is 23.5 Å². The molecule has 5 nitrogen and oxygen atoms in total. The summed E-state index contributed by atoms with van der Waals surface area (Å²) in [7, 11) is 1.42. The van der Waals surface area contributed by atoms with Crippen molar-refractivity contribution in [2.45, 2.75) is 13.0 Å². The molecule has 1 rings (SSSR count). The zero-order chi connectivity index (χ0) is 14.4. The standard InChI is InChI=1S/C12H15ClFN3O2/c1-7(8-3-4-10(14)9(13)5-8)16-6-11(18)17-12(19)15-2/h3-5,7,16H,6H2,1-2H3,(H2,15,17,18,19)/t7-/m0/s1. The molecule has 1 aromatic carbocycles. The number of imide groups is 1. The third-order valence-corrected chi connectivity index (χ3v) is 2.78. The Hall–Kier alpha value is -1.66. The van der Waals surface area contributed by atoms with Gasteiger partial charge in [0.15, 0.2) is 0 Å². The Bertz CT molecular complexity index is 482. The Kier molecular flexibility index (Phi) is 5.72. The van der Waals surface area contributed by atoms with Gasteiger partial charge in [-0.2, -0.15) is 0 Å². The topological polar surface area (TPSA) is 70.2 Å². The zero-order valence-corrected chi connectivity index (χ0v) is 11.3. The number of hydrogen-bond acceptors (Lipinski definition) is 3. The lowest BCUT2D eigenvalue weighted by Crippen LogP contribution is -2.42. The van der Waals surface area contributed by atoms with Crippen LogP contribution in [0.5, 0.6) is 0 Å². The molecule has 3 amide bonds. The van der Waals surface area contributed by atoms with Gasteiger partial charge in [0.05, 0.1) is 11.6 Å². The van der Waals surface area contributed by atoms with Crippen molar-refractivity contribution in [3.05, 3.63) is 34.6 Å². The molecule has 7 heteroatoms. The molecule has 104 valence electrons. The van der Waals surface area contributed by atoms with Gasteiger partial charge in [-0.3, -0.25) is 10.1 Å². The molecule has 0 heterocycles. The Labute approximate surface area is 115 Å². The van der Waals surface area contributed by atoms with Gasteiger partial charge in [0, 0.05) is 13.1 Å². The Morgan fingerprint density at radius 3 is 2.68 bits per heavy atom. The fraction of sp³-hybridized carbons (Fsp3) is 0.333. The number of urea groups is 1. The van der Waals surface area contributed by atoms with Crippen LogP contribution in [-0.4, -0.2) is 25.5 Å². The smallest absolute Gasteiger partial charge is 0.321 e. The van der Waals surface area contributed by atoms with Crippen molar-refractivity contribution in [2.24, 2.45) is 0 Å². The highest BCUT2D eigenvalue weighted by Crippen LogP contribution is 2.20. The Morgan fingerprint density at radius 2 is 2.11 bits per heavy atom. The third-order valence-electron chi connectivity index (χ3n) is 2.49. The second-order valence-electron chi connectivity index (χ2n) is 3.90. The van der Waals surface area contributed by atoms with Crippen LogP contribution in [0, 0.1) is 5.82 Å². The molecule has 0 aliphatic carbocycles. The van der Waals surface area contributed by atoms with Crippen LogP contribution >= 0.6 is 11.6 Å². The molecule has 0 aliphatic heterocycles. The summed E-state index contributed by atoms with van der Waals surface area (Å²) in [6.45, 7) is 1.76. The first-order chi connectivity index (χ1) is 8.93. The molecular weight excluding hydrogens is 273 g/mol. The summed E-state index contributed by atoms with van der Waals surface area (Å²) in [4.78, 5) is 22.2. The van der Waals surface area contributed by atoms with Crippen molar-refractivity contribution < 1.29 is 14.0 Å². The monoisotopic (exact) mass is 287 g/mol. The maximum absolute atomic E-state index is 13.0. The highest BCUT2D eigenvalue weighted by atomic mass is 35.5. The van der Waals surface area contributed by atoms with E-state index in [2.05, 4.69) is 16.0 Å². The van der Waals surface area contributed by atoms with Gasteiger partial charge in [-0.25, -0.2) is 9.18 Å². The van der Waals surface area contributed by atoms with Crippen LogP contribution in [0.25, 0.3) is 0 Å². The molecule has 19 heavy (non-hydrogen) atoms. The molecule has 0 saturated heterocycles. The quantitative estimate of drug-likeness (QED) is 0.787. The van der Waals surface area contributed by atoms with Crippen LogP contribution in [0.4, 0.5) is 9.18 Å². The second kappa shape index (κ2) is 7.06. The molecule has 0 aromatic heterocycles. The number of carbonyl (C=O) groups excluding carboxylic acids is 2. The van der Waals surface area contributed by atoms with Crippen LogP contribution in [0.1, 0.15) is 18.5 Å². The molecule has 0 bridgehead atoms. The van der Waals surface area contributed by atoms with Crippen LogP contribution in [0.15, 0.2) is 18.2 Å². The van der Waals surface area contributed by atoms with E-state index in [0.29, 0.717) is 0 Å². The number of amides is 3. The fourth-order valence-corrected chi connectivity index (χ4v) is 1.57. The molecule has 0 radical (unpaired) electrons. The largest absolute Gasteiger partial charge is 0.341 e. The first-order valence-electron chi connectivity index (χ1n) is 5.64. The molecule has 0 spiro atoms. The lowest BCUT2D eigenvalue weighted by molar-refractivity contribution is -0.119. The number of benzene rings is 1. The van der Waals surface area contributed by atoms with E-state index in [0.717, 1.165) is 5.56 Å². The summed E-state index contributed by atoms with van der Waals surface area (Å²) in [5, 5.41) is 7.32. The summed E-state index contributed by atoms with van der Waals surface area (Å²) in [6, 6.07) is 3.57. The van der Waals surface area contributed by atoms with E-state index in [1.54, 1.807) is 13.0 Å². The number of nitrogens with one attached hydrogen (secondary N) is 3. The average molecular weight is 288 g/mol. The van der Waals surface area contributed by atoms with Crippen molar-refractivity contribution in [1.82, 2.24) is 16.0 Å². The van der Waals surface area contributed by atoms with E-state index >= 15 is 0 Å². The normalized spacial score (nSPS) is 11.8. The Balaban J connectivity index is 2.51. The predicted octanol–water partition coefficient (Wildman–Crippen LogP) is 1.59. The summed E-state index contributed by atoms with van der Waals surface area (Å²) in [6.07, 6.45) is 0. The molecule has 0 saturated carbocycles. The minimum absolute atomic E-state index is 0.0287. The van der Waals surface area contributed by atoms with E-state index in [1.165, 1.54) is 19.2 Å².